The molecule has 0 bridgehead atoms. The molecule has 0 radical (unpaired) electrons. The highest BCUT2D eigenvalue weighted by molar-refractivity contribution is 5.75. The van der Waals surface area contributed by atoms with Gasteiger partial charge in [0.2, 0.25) is 0 Å². The first-order chi connectivity index (χ1) is 4.72. The van der Waals surface area contributed by atoms with Gasteiger partial charge in [0.15, 0.2) is 6.79 Å². The minimum atomic E-state index is -0.575. The Morgan fingerprint density at radius 1 is 1.80 bits per heavy atom. The third-order valence-electron chi connectivity index (χ3n) is 0.921. The van der Waals surface area contributed by atoms with E-state index >= 15 is 0 Å². The molecule has 0 spiro atoms. The minimum absolute atomic E-state index is 0.447. The quantitative estimate of drug-likeness (QED) is 0.339. The molecule has 0 rings (SSSR count). The fraction of sp³-hybridized carbons (Fsp3) is 0.571. The Labute approximate surface area is 60.0 Å². The van der Waals surface area contributed by atoms with Crippen molar-refractivity contribution >= 4 is 5.97 Å². The van der Waals surface area contributed by atoms with Crippen LogP contribution in [-0.2, 0) is 9.53 Å². The van der Waals surface area contributed by atoms with Gasteiger partial charge in [0, 0.05) is 0 Å². The first-order valence-corrected chi connectivity index (χ1v) is 2.92. The third kappa shape index (κ3) is 3.10. The zero-order chi connectivity index (χ0) is 7.98. The maximum absolute atomic E-state index is 10.6. The van der Waals surface area contributed by atoms with E-state index in [1.165, 1.54) is 0 Å². The molecule has 0 aliphatic carbocycles. The molecule has 0 aliphatic rings. The van der Waals surface area contributed by atoms with Crippen molar-refractivity contribution in [3.8, 4) is 11.8 Å². The minimum Gasteiger partial charge on any atom is -0.438 e. The van der Waals surface area contributed by atoms with Gasteiger partial charge in [-0.25, -0.2) is 0 Å². The highest BCUT2D eigenvalue weighted by Gasteiger charge is 2.09. The van der Waals surface area contributed by atoms with Gasteiger partial charge in [-0.2, -0.15) is 0 Å². The van der Waals surface area contributed by atoms with Crippen molar-refractivity contribution in [1.29, 1.82) is 0 Å². The van der Waals surface area contributed by atoms with E-state index in [0.29, 0.717) is 0 Å². The predicted octanol–water partition coefficient (Wildman–Crippen LogP) is 0.139. The number of esters is 1. The fourth-order valence-corrected chi connectivity index (χ4v) is 0.464. The smallest absolute Gasteiger partial charge is 0.322 e. The van der Waals surface area contributed by atoms with Crippen molar-refractivity contribution in [2.75, 3.05) is 6.79 Å². The number of carbonyl (C=O) groups excluding carboxylic acids is 1. The number of rotatable bonds is 2. The molecular weight excluding hydrogens is 132 g/mol. The van der Waals surface area contributed by atoms with Crippen LogP contribution < -0.4 is 0 Å². The number of carbonyl (C=O) groups is 1. The topological polar surface area (TPSA) is 46.5 Å². The van der Waals surface area contributed by atoms with Crippen LogP contribution in [0.2, 0.25) is 0 Å². The molecule has 56 valence electrons. The van der Waals surface area contributed by atoms with Gasteiger partial charge in [0.1, 0.15) is 5.92 Å². The average molecular weight is 142 g/mol. The zero-order valence-corrected chi connectivity index (χ0v) is 6.05. The van der Waals surface area contributed by atoms with Crippen LogP contribution in [0, 0.1) is 17.8 Å². The number of ether oxygens (including phenoxy) is 1. The monoisotopic (exact) mass is 142 g/mol. The Bertz CT molecular complexity index is 163. The molecular formula is C7H10O3. The maximum atomic E-state index is 10.6. The molecule has 0 saturated carbocycles. The molecule has 1 atom stereocenters. The summed E-state index contributed by atoms with van der Waals surface area (Å²) in [5, 5.41) is 8.16. The molecule has 0 aromatic heterocycles. The van der Waals surface area contributed by atoms with Crippen molar-refractivity contribution in [1.82, 2.24) is 0 Å². The number of hydrogen-bond donors (Lipinski definition) is 1. The van der Waals surface area contributed by atoms with Gasteiger partial charge in [-0.3, -0.25) is 4.79 Å². The summed E-state index contributed by atoms with van der Waals surface area (Å²) in [5.74, 6) is 4.23. The summed E-state index contributed by atoms with van der Waals surface area (Å²) in [4.78, 5) is 10.6. The molecule has 1 N–H and O–H groups in total. The molecule has 0 saturated heterocycles. The van der Waals surface area contributed by atoms with Crippen LogP contribution in [0.1, 0.15) is 13.8 Å². The maximum Gasteiger partial charge on any atom is 0.322 e. The van der Waals surface area contributed by atoms with Crippen molar-refractivity contribution in [2.24, 2.45) is 5.92 Å². The third-order valence-corrected chi connectivity index (χ3v) is 0.921. The lowest BCUT2D eigenvalue weighted by Gasteiger charge is -2.01. The Kier molecular flexibility index (Phi) is 4.34. The first kappa shape index (κ1) is 8.99. The largest absolute Gasteiger partial charge is 0.438 e. The van der Waals surface area contributed by atoms with Crippen molar-refractivity contribution in [2.45, 2.75) is 13.8 Å². The van der Waals surface area contributed by atoms with Crippen LogP contribution in [0.15, 0.2) is 0 Å². The summed E-state index contributed by atoms with van der Waals surface area (Å²) in [7, 11) is 0. The summed E-state index contributed by atoms with van der Waals surface area (Å²) in [6, 6.07) is 0. The number of aliphatic hydroxyl groups is 1. The highest BCUT2D eigenvalue weighted by Crippen LogP contribution is 1.94. The van der Waals surface area contributed by atoms with Crippen LogP contribution >= 0.6 is 0 Å². The second-order valence-electron chi connectivity index (χ2n) is 1.71. The molecule has 3 heteroatoms. The van der Waals surface area contributed by atoms with Gasteiger partial charge in [-0.05, 0) is 13.8 Å². The molecule has 0 aromatic carbocycles. The average Bonchev–Trinajstić information content (AvgIpc) is 1.89. The Balaban J connectivity index is 3.78. The van der Waals surface area contributed by atoms with Crippen LogP contribution in [0.4, 0.5) is 0 Å². The van der Waals surface area contributed by atoms with Crippen LogP contribution in [0.3, 0.4) is 0 Å². The summed E-state index contributed by atoms with van der Waals surface area (Å²) in [6.45, 7) is 2.69. The lowest BCUT2D eigenvalue weighted by molar-refractivity contribution is -0.154. The van der Waals surface area contributed by atoms with Crippen LogP contribution in [0.5, 0.6) is 0 Å². The second kappa shape index (κ2) is 4.83. The van der Waals surface area contributed by atoms with Crippen molar-refractivity contribution in [3.05, 3.63) is 0 Å². The van der Waals surface area contributed by atoms with E-state index < -0.39 is 18.7 Å². The standard InChI is InChI=1S/C7H10O3/c1-3-4-6(2)7(9)10-5-8/h6,8H,5H2,1-2H3. The highest BCUT2D eigenvalue weighted by atomic mass is 16.6. The van der Waals surface area contributed by atoms with Gasteiger partial charge < -0.3 is 9.84 Å². The van der Waals surface area contributed by atoms with E-state index in [4.69, 9.17) is 5.11 Å². The zero-order valence-electron chi connectivity index (χ0n) is 6.05. The van der Waals surface area contributed by atoms with E-state index in [-0.39, 0.29) is 0 Å². The number of hydrogen-bond acceptors (Lipinski definition) is 3. The Hall–Kier alpha value is -1.01. The molecule has 0 aromatic rings. The van der Waals surface area contributed by atoms with Crippen molar-refractivity contribution < 1.29 is 14.6 Å². The van der Waals surface area contributed by atoms with Crippen LogP contribution in [-0.4, -0.2) is 17.9 Å². The number of aliphatic hydroxyl groups excluding tert-OH is 1. The first-order valence-electron chi connectivity index (χ1n) is 2.92. The SMILES string of the molecule is CC#CC(C)C(=O)OCO. The van der Waals surface area contributed by atoms with Gasteiger partial charge in [-0.1, -0.05) is 5.92 Å². The van der Waals surface area contributed by atoms with E-state index in [1.54, 1.807) is 13.8 Å². The van der Waals surface area contributed by atoms with Crippen LogP contribution in [0.25, 0.3) is 0 Å². The molecule has 3 nitrogen and oxygen atoms in total. The summed E-state index contributed by atoms with van der Waals surface area (Å²) in [6.07, 6.45) is 0. The molecule has 10 heavy (non-hydrogen) atoms. The molecule has 0 amide bonds. The van der Waals surface area contributed by atoms with E-state index in [0.717, 1.165) is 0 Å². The normalized spacial score (nSPS) is 11.1. The summed E-state index contributed by atoms with van der Waals surface area (Å²) < 4.78 is 4.27. The molecule has 1 unspecified atom stereocenters. The van der Waals surface area contributed by atoms with E-state index in [1.807, 2.05) is 0 Å². The lowest BCUT2D eigenvalue weighted by Crippen LogP contribution is -2.13. The fourth-order valence-electron chi connectivity index (χ4n) is 0.464. The van der Waals surface area contributed by atoms with E-state index in [2.05, 4.69) is 16.6 Å². The predicted molar refractivity (Wildman–Crippen MR) is 35.8 cm³/mol. The van der Waals surface area contributed by atoms with Gasteiger partial charge >= 0.3 is 5.97 Å². The van der Waals surface area contributed by atoms with Gasteiger partial charge in [0.05, 0.1) is 0 Å². The summed E-state index contributed by atoms with van der Waals surface area (Å²) >= 11 is 0. The molecule has 0 aliphatic heterocycles. The molecule has 0 heterocycles. The Morgan fingerprint density at radius 2 is 2.40 bits per heavy atom. The van der Waals surface area contributed by atoms with Crippen molar-refractivity contribution in [3.63, 3.8) is 0 Å². The lowest BCUT2D eigenvalue weighted by atomic mass is 10.2. The molecule has 0 fully saturated rings. The second-order valence-corrected chi connectivity index (χ2v) is 1.71. The van der Waals surface area contributed by atoms with Gasteiger partial charge in [-0.15, -0.1) is 5.92 Å². The Morgan fingerprint density at radius 3 is 2.80 bits per heavy atom. The summed E-state index contributed by atoms with van der Waals surface area (Å²) in [5.41, 5.74) is 0. The van der Waals surface area contributed by atoms with E-state index in [9.17, 15) is 4.79 Å². The van der Waals surface area contributed by atoms with Gasteiger partial charge in [0.25, 0.3) is 0 Å².